The fourth-order valence-corrected chi connectivity index (χ4v) is 1.70. The second kappa shape index (κ2) is 6.78. The normalized spacial score (nSPS) is 14.0. The van der Waals surface area contributed by atoms with E-state index >= 15 is 0 Å². The molecule has 6 nitrogen and oxygen atoms in total. The Balaban J connectivity index is 1.91. The Labute approximate surface area is 122 Å². The number of fused-ring (bicyclic) bond motifs is 1. The van der Waals surface area contributed by atoms with E-state index in [2.05, 4.69) is 5.32 Å². The van der Waals surface area contributed by atoms with Gasteiger partial charge in [0, 0.05) is 17.8 Å². The summed E-state index contributed by atoms with van der Waals surface area (Å²) in [6, 6.07) is 5.06. The first-order valence-corrected chi connectivity index (χ1v) is 6.68. The van der Waals surface area contributed by atoms with Gasteiger partial charge in [-0.15, -0.1) is 0 Å². The number of esters is 1. The van der Waals surface area contributed by atoms with E-state index in [1.807, 2.05) is 6.92 Å². The number of ether oxygens (including phenoxy) is 3. The summed E-state index contributed by atoms with van der Waals surface area (Å²) in [4.78, 5) is 23.3. The molecule has 0 bridgehead atoms. The summed E-state index contributed by atoms with van der Waals surface area (Å²) in [5, 5.41) is 2.66. The Morgan fingerprint density at radius 1 is 1.38 bits per heavy atom. The molecule has 1 heterocycles. The van der Waals surface area contributed by atoms with E-state index in [4.69, 9.17) is 14.2 Å². The largest absolute Gasteiger partial charge is 0.454 e. The van der Waals surface area contributed by atoms with Crippen LogP contribution in [0.25, 0.3) is 0 Å². The molecule has 6 heteroatoms. The fourth-order valence-electron chi connectivity index (χ4n) is 1.70. The van der Waals surface area contributed by atoms with Crippen molar-refractivity contribution in [2.75, 3.05) is 12.1 Å². The van der Waals surface area contributed by atoms with Crippen LogP contribution in [0.5, 0.6) is 11.5 Å². The van der Waals surface area contributed by atoms with E-state index in [9.17, 15) is 9.59 Å². The van der Waals surface area contributed by atoms with Crippen molar-refractivity contribution in [3.63, 3.8) is 0 Å². The lowest BCUT2D eigenvalue weighted by atomic mass is 10.2. The van der Waals surface area contributed by atoms with Crippen LogP contribution in [0.4, 0.5) is 5.69 Å². The van der Waals surface area contributed by atoms with Gasteiger partial charge in [0.05, 0.1) is 0 Å². The van der Waals surface area contributed by atoms with Gasteiger partial charge in [-0.25, -0.2) is 4.79 Å². The molecule has 0 aliphatic carbocycles. The third-order valence-corrected chi connectivity index (χ3v) is 2.79. The summed E-state index contributed by atoms with van der Waals surface area (Å²) in [5.41, 5.74) is 0.552. The van der Waals surface area contributed by atoms with Gasteiger partial charge in [0.25, 0.3) is 5.91 Å². The maximum absolute atomic E-state index is 11.9. The van der Waals surface area contributed by atoms with Crippen molar-refractivity contribution in [2.45, 2.75) is 26.4 Å². The minimum atomic E-state index is -0.885. The summed E-state index contributed by atoms with van der Waals surface area (Å²) in [5.74, 6) is 0.262. The fraction of sp³-hybridized carbons (Fsp3) is 0.333. The molecule has 0 saturated carbocycles. The van der Waals surface area contributed by atoms with E-state index in [1.165, 1.54) is 13.0 Å². The van der Waals surface area contributed by atoms with Crippen LogP contribution in [0.15, 0.2) is 30.4 Å². The van der Waals surface area contributed by atoms with Crippen molar-refractivity contribution in [3.05, 3.63) is 30.4 Å². The van der Waals surface area contributed by atoms with Crippen LogP contribution in [-0.2, 0) is 14.3 Å². The Kier molecular flexibility index (Phi) is 4.81. The van der Waals surface area contributed by atoms with Gasteiger partial charge in [-0.2, -0.15) is 0 Å². The smallest absolute Gasteiger partial charge is 0.331 e. The SMILES string of the molecule is CC/C=C/C(=O)O[C@@H](C)C(=O)Nc1ccc2c(c1)OCO2. The maximum Gasteiger partial charge on any atom is 0.331 e. The highest BCUT2D eigenvalue weighted by Crippen LogP contribution is 2.34. The molecule has 112 valence electrons. The van der Waals surface area contributed by atoms with Crippen LogP contribution in [0.1, 0.15) is 20.3 Å². The molecule has 1 atom stereocenters. The maximum atomic E-state index is 11.9. The van der Waals surface area contributed by atoms with Gasteiger partial charge in [0.15, 0.2) is 17.6 Å². The molecular formula is C15H17NO5. The van der Waals surface area contributed by atoms with Crippen LogP contribution in [-0.4, -0.2) is 24.8 Å². The molecule has 1 N–H and O–H groups in total. The predicted molar refractivity (Wildman–Crippen MR) is 76.2 cm³/mol. The number of hydrogen-bond donors (Lipinski definition) is 1. The topological polar surface area (TPSA) is 73.9 Å². The molecule has 1 aromatic rings. The molecule has 1 amide bonds. The predicted octanol–water partition coefficient (Wildman–Crippen LogP) is 2.25. The molecule has 0 radical (unpaired) electrons. The monoisotopic (exact) mass is 291 g/mol. The average Bonchev–Trinajstić information content (AvgIpc) is 2.92. The van der Waals surface area contributed by atoms with Crippen molar-refractivity contribution < 1.29 is 23.8 Å². The number of rotatable bonds is 5. The molecule has 0 unspecified atom stereocenters. The molecule has 1 aliphatic rings. The third-order valence-electron chi connectivity index (χ3n) is 2.79. The van der Waals surface area contributed by atoms with Gasteiger partial charge in [-0.1, -0.05) is 13.0 Å². The van der Waals surface area contributed by atoms with E-state index in [-0.39, 0.29) is 6.79 Å². The molecule has 0 spiro atoms. The van der Waals surface area contributed by atoms with Crippen molar-refractivity contribution in [2.24, 2.45) is 0 Å². The lowest BCUT2D eigenvalue weighted by Gasteiger charge is -2.12. The first kappa shape index (κ1) is 14.9. The van der Waals surface area contributed by atoms with E-state index in [0.717, 1.165) is 6.42 Å². The van der Waals surface area contributed by atoms with Gasteiger partial charge in [0.1, 0.15) is 0 Å². The molecular weight excluding hydrogens is 274 g/mol. The van der Waals surface area contributed by atoms with E-state index in [0.29, 0.717) is 17.2 Å². The number of nitrogens with one attached hydrogen (secondary N) is 1. The molecule has 1 aliphatic heterocycles. The molecule has 0 saturated heterocycles. The van der Waals surface area contributed by atoms with E-state index < -0.39 is 18.0 Å². The van der Waals surface area contributed by atoms with Crippen LogP contribution in [0.3, 0.4) is 0 Å². The zero-order valence-electron chi connectivity index (χ0n) is 11.9. The summed E-state index contributed by atoms with van der Waals surface area (Å²) >= 11 is 0. The Bertz CT molecular complexity index is 567. The number of benzene rings is 1. The molecule has 0 aromatic heterocycles. The van der Waals surface area contributed by atoms with Gasteiger partial charge >= 0.3 is 5.97 Å². The molecule has 2 rings (SSSR count). The molecule has 21 heavy (non-hydrogen) atoms. The number of allylic oxidation sites excluding steroid dienone is 1. The first-order valence-electron chi connectivity index (χ1n) is 6.68. The van der Waals surface area contributed by atoms with Crippen LogP contribution in [0, 0.1) is 0 Å². The van der Waals surface area contributed by atoms with Crippen LogP contribution in [0.2, 0.25) is 0 Å². The van der Waals surface area contributed by atoms with Crippen molar-refractivity contribution in [1.29, 1.82) is 0 Å². The highest BCUT2D eigenvalue weighted by atomic mass is 16.7. The summed E-state index contributed by atoms with van der Waals surface area (Å²) in [7, 11) is 0. The zero-order valence-corrected chi connectivity index (χ0v) is 11.9. The second-order valence-electron chi connectivity index (χ2n) is 4.45. The lowest BCUT2D eigenvalue weighted by Crippen LogP contribution is -2.29. The Morgan fingerprint density at radius 2 is 2.14 bits per heavy atom. The minimum absolute atomic E-state index is 0.171. The summed E-state index contributed by atoms with van der Waals surface area (Å²) in [6.45, 7) is 3.59. The number of carbonyl (C=O) groups excluding carboxylic acids is 2. The summed E-state index contributed by atoms with van der Waals surface area (Å²) in [6.07, 6.45) is 2.83. The van der Waals surface area contributed by atoms with Gasteiger partial charge < -0.3 is 19.5 Å². The number of anilines is 1. The Morgan fingerprint density at radius 3 is 2.90 bits per heavy atom. The van der Waals surface area contributed by atoms with E-state index in [1.54, 1.807) is 24.3 Å². The summed E-state index contributed by atoms with van der Waals surface area (Å²) < 4.78 is 15.4. The quantitative estimate of drug-likeness (QED) is 0.665. The average molecular weight is 291 g/mol. The third kappa shape index (κ3) is 3.98. The Hall–Kier alpha value is -2.50. The highest BCUT2D eigenvalue weighted by molar-refractivity contribution is 5.96. The van der Waals surface area contributed by atoms with Crippen molar-refractivity contribution in [3.8, 4) is 11.5 Å². The number of hydrogen-bond acceptors (Lipinski definition) is 5. The zero-order chi connectivity index (χ0) is 15.2. The number of carbonyl (C=O) groups is 2. The lowest BCUT2D eigenvalue weighted by molar-refractivity contribution is -0.148. The van der Waals surface area contributed by atoms with Crippen molar-refractivity contribution in [1.82, 2.24) is 0 Å². The number of amides is 1. The standard InChI is InChI=1S/C15H17NO5/c1-3-4-5-14(17)21-10(2)15(18)16-11-6-7-12-13(8-11)20-9-19-12/h4-8,10H,3,9H2,1-2H3,(H,16,18)/b5-4+/t10-/m0/s1. The highest BCUT2D eigenvalue weighted by Gasteiger charge is 2.18. The van der Waals surface area contributed by atoms with Crippen molar-refractivity contribution >= 4 is 17.6 Å². The molecule has 1 aromatic carbocycles. The second-order valence-corrected chi connectivity index (χ2v) is 4.45. The van der Waals surface area contributed by atoms with Gasteiger partial charge in [-0.3, -0.25) is 4.79 Å². The van der Waals surface area contributed by atoms with Crippen LogP contribution < -0.4 is 14.8 Å². The van der Waals surface area contributed by atoms with Gasteiger partial charge in [0.2, 0.25) is 6.79 Å². The molecule has 0 fully saturated rings. The van der Waals surface area contributed by atoms with Crippen LogP contribution >= 0.6 is 0 Å². The van der Waals surface area contributed by atoms with Gasteiger partial charge in [-0.05, 0) is 25.5 Å². The first-order chi connectivity index (χ1) is 10.1. The minimum Gasteiger partial charge on any atom is -0.454 e.